The van der Waals surface area contributed by atoms with Crippen molar-refractivity contribution in [2.24, 2.45) is 50.2 Å². The standard InChI is InChI=1S/C35H54O7/c1-21(36)41-20-32(6)26-12-13-34(8)27(31(26,5)19-25(40-9)28(32)42-22(2)37)11-10-23-24-18-30(3,4)14-16-35(24,29(38)39)17-15-33(23,34)7/h10,24-28H,11-20H2,1-9H3,(H,38,39)/t24-,25+,26+,27+,28-,31-,32-,33+,34+,35-/m0/s1. The van der Waals surface area contributed by atoms with E-state index < -0.39 is 22.9 Å². The number of rotatable bonds is 5. The van der Waals surface area contributed by atoms with Gasteiger partial charge in [0.05, 0.1) is 11.5 Å². The molecule has 5 rings (SSSR count). The minimum Gasteiger partial charge on any atom is -0.481 e. The summed E-state index contributed by atoms with van der Waals surface area (Å²) in [5, 5.41) is 10.6. The van der Waals surface area contributed by atoms with Gasteiger partial charge in [-0.2, -0.15) is 0 Å². The van der Waals surface area contributed by atoms with Crippen LogP contribution >= 0.6 is 0 Å². The van der Waals surface area contributed by atoms with Crippen molar-refractivity contribution in [2.75, 3.05) is 13.7 Å². The lowest BCUT2D eigenvalue weighted by Gasteiger charge is -2.71. The Balaban J connectivity index is 1.60. The normalized spacial score (nSPS) is 47.5. The van der Waals surface area contributed by atoms with Gasteiger partial charge in [-0.05, 0) is 97.2 Å². The van der Waals surface area contributed by atoms with Gasteiger partial charge in [-0.15, -0.1) is 0 Å². The topological polar surface area (TPSA) is 99.1 Å². The second-order valence-corrected chi connectivity index (χ2v) is 16.5. The molecular weight excluding hydrogens is 532 g/mol. The predicted octanol–water partition coefficient (Wildman–Crippen LogP) is 6.97. The van der Waals surface area contributed by atoms with E-state index in [1.54, 1.807) is 7.11 Å². The molecule has 4 saturated carbocycles. The van der Waals surface area contributed by atoms with Crippen molar-refractivity contribution in [3.63, 3.8) is 0 Å². The van der Waals surface area contributed by atoms with Crippen LogP contribution in [-0.4, -0.2) is 48.9 Å². The highest BCUT2D eigenvalue weighted by Crippen LogP contribution is 2.76. The third-order valence-corrected chi connectivity index (χ3v) is 13.9. The second kappa shape index (κ2) is 10.1. The summed E-state index contributed by atoms with van der Waals surface area (Å²) in [6, 6.07) is 0. The van der Waals surface area contributed by atoms with E-state index in [2.05, 4.69) is 47.6 Å². The van der Waals surface area contributed by atoms with Crippen LogP contribution in [0.25, 0.3) is 0 Å². The number of methoxy groups -OCH3 is 1. The number of fused-ring (bicyclic) bond motifs is 7. The molecular formula is C35H54O7. The maximum atomic E-state index is 12.9. The van der Waals surface area contributed by atoms with Crippen LogP contribution in [0.15, 0.2) is 11.6 Å². The molecule has 0 aromatic rings. The SMILES string of the molecule is CO[C@@H]1C[C@@]2(C)[C@@H](CC[C@]3(C)[C@@H]2CC=C2[C@@H]4CC(C)(C)CC[C@]4(C(=O)O)CC[C@]23C)[C@](C)(COC(C)=O)[C@H]1OC(C)=O. The molecule has 0 spiro atoms. The van der Waals surface area contributed by atoms with Gasteiger partial charge >= 0.3 is 17.9 Å². The molecule has 0 bridgehead atoms. The highest BCUT2D eigenvalue weighted by molar-refractivity contribution is 5.76. The molecule has 0 radical (unpaired) electrons. The van der Waals surface area contributed by atoms with Gasteiger partial charge in [0.15, 0.2) is 0 Å². The molecule has 0 aliphatic heterocycles. The number of carboxylic acids is 1. The van der Waals surface area contributed by atoms with Crippen LogP contribution in [-0.2, 0) is 28.6 Å². The molecule has 7 nitrogen and oxygen atoms in total. The van der Waals surface area contributed by atoms with Crippen molar-refractivity contribution in [2.45, 2.75) is 125 Å². The minimum absolute atomic E-state index is 0.0243. The van der Waals surface area contributed by atoms with Crippen molar-refractivity contribution >= 4 is 17.9 Å². The van der Waals surface area contributed by atoms with Crippen LogP contribution in [0.4, 0.5) is 0 Å². The predicted molar refractivity (Wildman–Crippen MR) is 159 cm³/mol. The molecule has 5 aliphatic carbocycles. The third kappa shape index (κ3) is 4.33. The van der Waals surface area contributed by atoms with Crippen LogP contribution in [0.3, 0.4) is 0 Å². The molecule has 0 aromatic carbocycles. The molecule has 4 fully saturated rings. The van der Waals surface area contributed by atoms with E-state index in [0.29, 0.717) is 5.92 Å². The molecule has 0 heterocycles. The molecule has 42 heavy (non-hydrogen) atoms. The number of esters is 2. The molecule has 236 valence electrons. The molecule has 0 unspecified atom stereocenters. The fraction of sp³-hybridized carbons (Fsp3) is 0.857. The van der Waals surface area contributed by atoms with Gasteiger partial charge < -0.3 is 19.3 Å². The molecule has 0 saturated heterocycles. The molecule has 1 N–H and O–H groups in total. The summed E-state index contributed by atoms with van der Waals surface area (Å²) in [5.74, 6) is -0.732. The first-order valence-corrected chi connectivity index (χ1v) is 16.2. The first-order chi connectivity index (χ1) is 19.4. The Labute approximate surface area is 252 Å². The Hall–Kier alpha value is -1.89. The van der Waals surface area contributed by atoms with Crippen molar-refractivity contribution in [3.05, 3.63) is 11.6 Å². The van der Waals surface area contributed by atoms with E-state index in [0.717, 1.165) is 57.8 Å². The highest BCUT2D eigenvalue weighted by Gasteiger charge is 2.71. The van der Waals surface area contributed by atoms with E-state index >= 15 is 0 Å². The van der Waals surface area contributed by atoms with E-state index in [9.17, 15) is 19.5 Å². The second-order valence-electron chi connectivity index (χ2n) is 16.5. The molecule has 0 amide bonds. The molecule has 5 aliphatic rings. The Morgan fingerprint density at radius 2 is 1.57 bits per heavy atom. The maximum Gasteiger partial charge on any atom is 0.310 e. The van der Waals surface area contributed by atoms with Crippen LogP contribution < -0.4 is 0 Å². The van der Waals surface area contributed by atoms with Gasteiger partial charge in [-0.25, -0.2) is 0 Å². The van der Waals surface area contributed by atoms with Gasteiger partial charge in [0, 0.05) is 26.4 Å². The third-order valence-electron chi connectivity index (χ3n) is 13.9. The molecule has 7 heteroatoms. The number of hydrogen-bond donors (Lipinski definition) is 1. The quantitative estimate of drug-likeness (QED) is 0.274. The summed E-state index contributed by atoms with van der Waals surface area (Å²) in [4.78, 5) is 37.3. The largest absolute Gasteiger partial charge is 0.481 e. The first-order valence-electron chi connectivity index (χ1n) is 16.2. The number of carboxylic acid groups (broad SMARTS) is 1. The van der Waals surface area contributed by atoms with E-state index in [1.165, 1.54) is 19.4 Å². The summed E-state index contributed by atoms with van der Waals surface area (Å²) < 4.78 is 17.8. The van der Waals surface area contributed by atoms with Crippen molar-refractivity contribution < 1.29 is 33.7 Å². The zero-order valence-corrected chi connectivity index (χ0v) is 27.4. The lowest BCUT2D eigenvalue weighted by atomic mass is 9.33. The Kier molecular flexibility index (Phi) is 7.56. The van der Waals surface area contributed by atoms with Gasteiger partial charge in [0.1, 0.15) is 12.7 Å². The first kappa shape index (κ1) is 31.5. The van der Waals surface area contributed by atoms with Gasteiger partial charge in [0.25, 0.3) is 0 Å². The smallest absolute Gasteiger partial charge is 0.310 e. The number of allylic oxidation sites excluding steroid dienone is 2. The molecule has 0 aromatic heterocycles. The summed E-state index contributed by atoms with van der Waals surface area (Å²) in [7, 11) is 1.69. The van der Waals surface area contributed by atoms with Crippen LogP contribution in [0.2, 0.25) is 0 Å². The van der Waals surface area contributed by atoms with Crippen LogP contribution in [0.5, 0.6) is 0 Å². The summed E-state index contributed by atoms with van der Waals surface area (Å²) in [5.41, 5.74) is 0.00349. The van der Waals surface area contributed by atoms with Crippen molar-refractivity contribution in [1.29, 1.82) is 0 Å². The average Bonchev–Trinajstić information content (AvgIpc) is 2.88. The van der Waals surface area contributed by atoms with Gasteiger partial charge in [-0.3, -0.25) is 14.4 Å². The summed E-state index contributed by atoms with van der Waals surface area (Å²) in [6.07, 6.45) is 9.50. The lowest BCUT2D eigenvalue weighted by Crippen LogP contribution is -2.69. The fourth-order valence-electron chi connectivity index (χ4n) is 11.6. The Morgan fingerprint density at radius 3 is 2.17 bits per heavy atom. The Bertz CT molecular complexity index is 1170. The Morgan fingerprint density at radius 1 is 0.905 bits per heavy atom. The zero-order chi connectivity index (χ0) is 31.1. The molecule has 10 atom stereocenters. The zero-order valence-electron chi connectivity index (χ0n) is 27.4. The van der Waals surface area contributed by atoms with Crippen molar-refractivity contribution in [1.82, 2.24) is 0 Å². The fourth-order valence-corrected chi connectivity index (χ4v) is 11.6. The van der Waals surface area contributed by atoms with Crippen LogP contribution in [0, 0.1) is 50.2 Å². The van der Waals surface area contributed by atoms with Crippen LogP contribution in [0.1, 0.15) is 113 Å². The number of hydrogen-bond acceptors (Lipinski definition) is 6. The van der Waals surface area contributed by atoms with E-state index in [4.69, 9.17) is 14.2 Å². The number of ether oxygens (including phenoxy) is 3. The number of carbonyl (C=O) groups excluding carboxylic acids is 2. The van der Waals surface area contributed by atoms with Gasteiger partial charge in [-0.1, -0.05) is 53.2 Å². The summed E-state index contributed by atoms with van der Waals surface area (Å²) in [6.45, 7) is 17.1. The monoisotopic (exact) mass is 586 g/mol. The van der Waals surface area contributed by atoms with Crippen molar-refractivity contribution in [3.8, 4) is 0 Å². The number of aliphatic carboxylic acids is 1. The minimum atomic E-state index is -0.656. The maximum absolute atomic E-state index is 12.9. The average molecular weight is 587 g/mol. The van der Waals surface area contributed by atoms with E-state index in [-0.39, 0.29) is 58.1 Å². The summed E-state index contributed by atoms with van der Waals surface area (Å²) >= 11 is 0. The van der Waals surface area contributed by atoms with Gasteiger partial charge in [0.2, 0.25) is 0 Å². The highest BCUT2D eigenvalue weighted by atomic mass is 16.6. The number of carbonyl (C=O) groups is 3. The lowest BCUT2D eigenvalue weighted by molar-refractivity contribution is -0.255. The van der Waals surface area contributed by atoms with E-state index in [1.807, 2.05) is 0 Å².